The molecule has 0 saturated carbocycles. The summed E-state index contributed by atoms with van der Waals surface area (Å²) >= 11 is 0. The number of piperidine rings is 1. The van der Waals surface area contributed by atoms with E-state index in [-0.39, 0.29) is 6.04 Å². The summed E-state index contributed by atoms with van der Waals surface area (Å²) in [5, 5.41) is 0. The number of hydrogen-bond acceptors (Lipinski definition) is 2. The minimum atomic E-state index is -3.24. The molecule has 0 aliphatic carbocycles. The molecule has 4 nitrogen and oxygen atoms in total. The van der Waals surface area contributed by atoms with E-state index in [1.807, 2.05) is 6.92 Å². The highest BCUT2D eigenvalue weighted by atomic mass is 32.2. The van der Waals surface area contributed by atoms with Crippen LogP contribution < -0.4 is 4.72 Å². The zero-order valence-electron chi connectivity index (χ0n) is 10.6. The summed E-state index contributed by atoms with van der Waals surface area (Å²) in [5.74, 6) is 0.529. The van der Waals surface area contributed by atoms with Gasteiger partial charge in [-0.3, -0.25) is 0 Å². The second-order valence-corrected chi connectivity index (χ2v) is 6.75. The molecule has 1 fully saturated rings. The fraction of sp³-hybridized carbons (Fsp3) is 1.00. The average molecular weight is 248 g/mol. The van der Waals surface area contributed by atoms with E-state index in [4.69, 9.17) is 0 Å². The molecule has 0 amide bonds. The van der Waals surface area contributed by atoms with Gasteiger partial charge in [-0.15, -0.1) is 0 Å². The van der Waals surface area contributed by atoms with Gasteiger partial charge in [-0.1, -0.05) is 20.3 Å². The summed E-state index contributed by atoms with van der Waals surface area (Å²) in [5.41, 5.74) is 0. The molecule has 1 saturated heterocycles. The molecule has 5 heteroatoms. The molecular weight excluding hydrogens is 224 g/mol. The maximum absolute atomic E-state index is 12.0. The molecule has 1 heterocycles. The van der Waals surface area contributed by atoms with Crippen LogP contribution in [0.15, 0.2) is 0 Å². The summed E-state index contributed by atoms with van der Waals surface area (Å²) in [6.07, 6.45) is 3.99. The van der Waals surface area contributed by atoms with Crippen molar-refractivity contribution in [1.29, 1.82) is 0 Å². The molecule has 1 aliphatic rings. The second-order valence-electron chi connectivity index (χ2n) is 5.04. The molecule has 0 aromatic rings. The molecule has 96 valence electrons. The van der Waals surface area contributed by atoms with Crippen LogP contribution in [0.5, 0.6) is 0 Å². The van der Waals surface area contributed by atoms with Crippen LogP contribution in [0.4, 0.5) is 0 Å². The van der Waals surface area contributed by atoms with Crippen molar-refractivity contribution in [2.24, 2.45) is 5.92 Å². The number of nitrogens with one attached hydrogen (secondary N) is 1. The maximum Gasteiger partial charge on any atom is 0.279 e. The molecule has 0 radical (unpaired) electrons. The lowest BCUT2D eigenvalue weighted by atomic mass is 10.1. The van der Waals surface area contributed by atoms with Gasteiger partial charge in [0.1, 0.15) is 0 Å². The number of rotatable bonds is 5. The third-order valence-corrected chi connectivity index (χ3v) is 4.79. The smallest absolute Gasteiger partial charge is 0.202 e. The second kappa shape index (κ2) is 5.98. The third-order valence-electron chi connectivity index (χ3n) is 3.06. The first-order valence-electron chi connectivity index (χ1n) is 6.20. The van der Waals surface area contributed by atoms with Crippen molar-refractivity contribution in [3.05, 3.63) is 0 Å². The topological polar surface area (TPSA) is 49.4 Å². The van der Waals surface area contributed by atoms with Gasteiger partial charge in [0.15, 0.2) is 0 Å². The number of hydrogen-bond donors (Lipinski definition) is 1. The fourth-order valence-corrected chi connectivity index (χ4v) is 3.48. The average Bonchev–Trinajstić information content (AvgIpc) is 2.17. The Hall–Kier alpha value is -0.130. The monoisotopic (exact) mass is 248 g/mol. The molecular formula is C11H24N2O2S. The van der Waals surface area contributed by atoms with Gasteiger partial charge in [0, 0.05) is 19.1 Å². The van der Waals surface area contributed by atoms with Gasteiger partial charge in [-0.05, 0) is 32.1 Å². The van der Waals surface area contributed by atoms with E-state index in [1.165, 1.54) is 0 Å². The molecule has 0 aromatic carbocycles. The Morgan fingerprint density at radius 3 is 2.62 bits per heavy atom. The maximum atomic E-state index is 12.0. The first kappa shape index (κ1) is 13.9. The van der Waals surface area contributed by atoms with E-state index in [0.717, 1.165) is 25.7 Å². The highest BCUT2D eigenvalue weighted by molar-refractivity contribution is 7.87. The Morgan fingerprint density at radius 1 is 1.38 bits per heavy atom. The van der Waals surface area contributed by atoms with Gasteiger partial charge >= 0.3 is 0 Å². The van der Waals surface area contributed by atoms with Gasteiger partial charge in [0.05, 0.1) is 0 Å². The van der Waals surface area contributed by atoms with Gasteiger partial charge in [-0.2, -0.15) is 12.7 Å². The minimum absolute atomic E-state index is 0.144. The first-order chi connectivity index (χ1) is 7.43. The van der Waals surface area contributed by atoms with Crippen LogP contribution in [0.1, 0.15) is 46.5 Å². The Bertz CT molecular complexity index is 301. The van der Waals surface area contributed by atoms with Crippen LogP contribution in [0, 0.1) is 5.92 Å². The summed E-state index contributed by atoms with van der Waals surface area (Å²) < 4.78 is 28.3. The molecule has 0 bridgehead atoms. The lowest BCUT2D eigenvalue weighted by Crippen LogP contribution is -2.48. The third kappa shape index (κ3) is 4.03. The first-order valence-corrected chi connectivity index (χ1v) is 7.64. The minimum Gasteiger partial charge on any atom is -0.202 e. The van der Waals surface area contributed by atoms with E-state index in [9.17, 15) is 8.42 Å². The van der Waals surface area contributed by atoms with Crippen molar-refractivity contribution >= 4 is 10.2 Å². The highest BCUT2D eigenvalue weighted by Crippen LogP contribution is 2.18. The predicted molar refractivity (Wildman–Crippen MR) is 66.4 cm³/mol. The van der Waals surface area contributed by atoms with Gasteiger partial charge in [0.25, 0.3) is 10.2 Å². The normalized spacial score (nSPS) is 23.9. The van der Waals surface area contributed by atoms with Crippen molar-refractivity contribution in [3.63, 3.8) is 0 Å². The van der Waals surface area contributed by atoms with Crippen molar-refractivity contribution in [3.8, 4) is 0 Å². The zero-order valence-corrected chi connectivity index (χ0v) is 11.4. The SMILES string of the molecule is CC(C)CCNS(=O)(=O)N1CCCCC1C. The molecule has 1 aliphatic heterocycles. The standard InChI is InChI=1S/C11H24N2O2S/c1-10(2)7-8-12-16(14,15)13-9-5-4-6-11(13)3/h10-12H,4-9H2,1-3H3. The summed E-state index contributed by atoms with van der Waals surface area (Å²) in [4.78, 5) is 0. The quantitative estimate of drug-likeness (QED) is 0.805. The van der Waals surface area contributed by atoms with Crippen molar-refractivity contribution in [2.75, 3.05) is 13.1 Å². The zero-order chi connectivity index (χ0) is 12.2. The van der Waals surface area contributed by atoms with E-state index in [0.29, 0.717) is 19.0 Å². The lowest BCUT2D eigenvalue weighted by Gasteiger charge is -2.32. The Labute approximate surface area is 99.6 Å². The molecule has 16 heavy (non-hydrogen) atoms. The summed E-state index contributed by atoms with van der Waals surface area (Å²) in [7, 11) is -3.24. The molecule has 1 rings (SSSR count). The van der Waals surface area contributed by atoms with Crippen LogP contribution in [-0.2, 0) is 10.2 Å². The van der Waals surface area contributed by atoms with Crippen LogP contribution in [0.25, 0.3) is 0 Å². The Morgan fingerprint density at radius 2 is 2.06 bits per heavy atom. The summed E-state index contributed by atoms with van der Waals surface area (Å²) in [6, 6.07) is 0.144. The molecule has 1 unspecified atom stereocenters. The van der Waals surface area contributed by atoms with Gasteiger partial charge in [-0.25, -0.2) is 4.72 Å². The van der Waals surface area contributed by atoms with Gasteiger partial charge < -0.3 is 0 Å². The Kier molecular flexibility index (Phi) is 5.21. The Balaban J connectivity index is 2.48. The van der Waals surface area contributed by atoms with E-state index in [2.05, 4.69) is 18.6 Å². The van der Waals surface area contributed by atoms with Crippen LogP contribution in [-0.4, -0.2) is 31.9 Å². The van der Waals surface area contributed by atoms with Crippen molar-refractivity contribution < 1.29 is 8.42 Å². The molecule has 0 spiro atoms. The van der Waals surface area contributed by atoms with E-state index in [1.54, 1.807) is 4.31 Å². The van der Waals surface area contributed by atoms with Crippen LogP contribution in [0.2, 0.25) is 0 Å². The molecule has 1 atom stereocenters. The summed E-state index contributed by atoms with van der Waals surface area (Å²) in [6.45, 7) is 7.39. The van der Waals surface area contributed by atoms with Crippen molar-refractivity contribution in [1.82, 2.24) is 9.03 Å². The van der Waals surface area contributed by atoms with E-state index < -0.39 is 10.2 Å². The predicted octanol–water partition coefficient (Wildman–Crippen LogP) is 1.74. The van der Waals surface area contributed by atoms with Crippen LogP contribution in [0.3, 0.4) is 0 Å². The highest BCUT2D eigenvalue weighted by Gasteiger charge is 2.28. The van der Waals surface area contributed by atoms with E-state index >= 15 is 0 Å². The van der Waals surface area contributed by atoms with Gasteiger partial charge in [0.2, 0.25) is 0 Å². The number of nitrogens with zero attached hydrogens (tertiary/aromatic N) is 1. The van der Waals surface area contributed by atoms with Crippen LogP contribution >= 0.6 is 0 Å². The van der Waals surface area contributed by atoms with Crippen molar-refractivity contribution in [2.45, 2.75) is 52.5 Å². The lowest BCUT2D eigenvalue weighted by molar-refractivity contribution is 0.265. The molecule has 0 aromatic heterocycles. The largest absolute Gasteiger partial charge is 0.279 e. The molecule has 1 N–H and O–H groups in total. The fourth-order valence-electron chi connectivity index (χ4n) is 1.99.